The maximum atomic E-state index is 13.7. The van der Waals surface area contributed by atoms with Crippen LogP contribution in [0.1, 0.15) is 38.5 Å². The molecular weight excluding hydrogens is 462 g/mol. The van der Waals surface area contributed by atoms with E-state index >= 15 is 0 Å². The molecule has 3 heterocycles. The number of carbonyl (C=O) groups is 1. The number of likely N-dealkylation sites (N-methyl/N-ethyl adjacent to an activating group) is 1. The van der Waals surface area contributed by atoms with Crippen LogP contribution >= 0.6 is 15.9 Å². The predicted octanol–water partition coefficient (Wildman–Crippen LogP) is 2.25. The molecule has 170 valence electrons. The highest BCUT2D eigenvalue weighted by Crippen LogP contribution is 2.62. The summed E-state index contributed by atoms with van der Waals surface area (Å²) in [6, 6.07) is -0.210. The summed E-state index contributed by atoms with van der Waals surface area (Å²) in [4.78, 5) is 23.1. The lowest BCUT2D eigenvalue weighted by Gasteiger charge is -2.41. The number of ether oxygens (including phenoxy) is 2. The Balaban J connectivity index is 1.58. The topological polar surface area (TPSA) is 74.6 Å². The van der Waals surface area contributed by atoms with Gasteiger partial charge in [0.05, 0.1) is 36.8 Å². The minimum atomic E-state index is -0.482. The second kappa shape index (κ2) is 8.28. The van der Waals surface area contributed by atoms with Crippen LogP contribution in [0.25, 0.3) is 0 Å². The molecule has 0 bridgehead atoms. The smallest absolute Gasteiger partial charge is 0.220 e. The number of hydrogen-bond acceptors (Lipinski definition) is 7. The predicted molar refractivity (Wildman–Crippen MR) is 121 cm³/mol. The van der Waals surface area contributed by atoms with E-state index in [1.54, 1.807) is 7.11 Å². The Morgan fingerprint density at radius 3 is 2.84 bits per heavy atom. The quantitative estimate of drug-likeness (QED) is 0.649. The lowest BCUT2D eigenvalue weighted by molar-refractivity contribution is -0.116. The van der Waals surface area contributed by atoms with Crippen molar-refractivity contribution in [1.29, 1.82) is 0 Å². The number of aliphatic imine (C=N–C) groups is 1. The van der Waals surface area contributed by atoms with Crippen LogP contribution in [-0.4, -0.2) is 91.7 Å². The second-order valence-corrected chi connectivity index (χ2v) is 10.4. The van der Waals surface area contributed by atoms with Crippen molar-refractivity contribution in [3.05, 3.63) is 21.4 Å². The maximum Gasteiger partial charge on any atom is 0.220 e. The molecule has 1 spiro atoms. The van der Waals surface area contributed by atoms with Crippen molar-refractivity contribution >= 4 is 27.6 Å². The SMILES string of the molecule is COC1=N[C@@H]2C[C@H](O)CC3=C2C2(CCCC[C@H]2O3)C(Br)=C1C(=O)CN1CCN(C)CC1. The number of ketones is 1. The van der Waals surface area contributed by atoms with Crippen molar-refractivity contribution in [1.82, 2.24) is 9.80 Å². The molecule has 0 aromatic heterocycles. The van der Waals surface area contributed by atoms with Gasteiger partial charge in [-0.15, -0.1) is 0 Å². The normalized spacial score (nSPS) is 36.4. The molecule has 1 saturated carbocycles. The Morgan fingerprint density at radius 1 is 1.32 bits per heavy atom. The fourth-order valence-corrected chi connectivity index (χ4v) is 7.16. The number of rotatable bonds is 3. The zero-order valence-electron chi connectivity index (χ0n) is 18.4. The molecule has 8 heteroatoms. The molecule has 3 aliphatic heterocycles. The zero-order chi connectivity index (χ0) is 21.8. The molecule has 0 radical (unpaired) electrons. The summed E-state index contributed by atoms with van der Waals surface area (Å²) in [7, 11) is 3.70. The van der Waals surface area contributed by atoms with Crippen molar-refractivity contribution < 1.29 is 19.4 Å². The van der Waals surface area contributed by atoms with Crippen molar-refractivity contribution in [3.63, 3.8) is 0 Å². The average molecular weight is 494 g/mol. The van der Waals surface area contributed by atoms with Gasteiger partial charge in [0.15, 0.2) is 5.78 Å². The highest BCUT2D eigenvalue weighted by Gasteiger charge is 2.59. The fraction of sp³-hybridized carbons (Fsp3) is 0.739. The van der Waals surface area contributed by atoms with Gasteiger partial charge in [-0.05, 0) is 26.3 Å². The minimum Gasteiger partial charge on any atom is -0.493 e. The molecule has 5 aliphatic rings. The van der Waals surface area contributed by atoms with E-state index in [9.17, 15) is 9.90 Å². The summed E-state index contributed by atoms with van der Waals surface area (Å²) in [5.41, 5.74) is 1.37. The molecular formula is C23H32BrN3O4. The molecule has 0 amide bonds. The molecule has 1 unspecified atom stereocenters. The van der Waals surface area contributed by atoms with Gasteiger partial charge in [-0.3, -0.25) is 9.69 Å². The van der Waals surface area contributed by atoms with Gasteiger partial charge in [0, 0.05) is 49.1 Å². The number of piperazine rings is 1. The second-order valence-electron chi connectivity index (χ2n) is 9.60. The number of halogens is 1. The molecule has 31 heavy (non-hydrogen) atoms. The van der Waals surface area contributed by atoms with Gasteiger partial charge >= 0.3 is 0 Å². The number of hydrogen-bond donors (Lipinski definition) is 1. The first-order valence-electron chi connectivity index (χ1n) is 11.5. The highest BCUT2D eigenvalue weighted by atomic mass is 79.9. The van der Waals surface area contributed by atoms with Crippen molar-refractivity contribution in [3.8, 4) is 0 Å². The Morgan fingerprint density at radius 2 is 2.10 bits per heavy atom. The standard InChI is InChI=1S/C23H32BrN3O4/c1-26-7-9-27(10-8-26)13-16(29)19-21(24)23-6-4-3-5-18(23)31-17-12-14(28)11-15(20(17)23)25-22(19)30-2/h14-15,18,28H,3-13H2,1-2H3/t14-,15+,18+,23?/m0/s1. The number of aliphatic hydroxyl groups is 1. The van der Waals surface area contributed by atoms with Crippen LogP contribution in [0.15, 0.2) is 26.4 Å². The van der Waals surface area contributed by atoms with E-state index in [2.05, 4.69) is 32.8 Å². The number of carbonyl (C=O) groups excluding carboxylic acids is 1. The fourth-order valence-electron chi connectivity index (χ4n) is 6.10. The van der Waals surface area contributed by atoms with Crippen molar-refractivity contribution in [2.75, 3.05) is 46.9 Å². The van der Waals surface area contributed by atoms with Gasteiger partial charge < -0.3 is 19.5 Å². The molecule has 2 fully saturated rings. The van der Waals surface area contributed by atoms with E-state index < -0.39 is 6.10 Å². The average Bonchev–Trinajstić information content (AvgIpc) is 3.04. The molecule has 1 N–H and O–H groups in total. The summed E-state index contributed by atoms with van der Waals surface area (Å²) >= 11 is 3.92. The van der Waals surface area contributed by atoms with Crippen LogP contribution in [0.3, 0.4) is 0 Å². The molecule has 0 aromatic carbocycles. The largest absolute Gasteiger partial charge is 0.493 e. The summed E-state index contributed by atoms with van der Waals surface area (Å²) < 4.78 is 13.0. The van der Waals surface area contributed by atoms with Crippen LogP contribution in [0.2, 0.25) is 0 Å². The minimum absolute atomic E-state index is 0.00809. The van der Waals surface area contributed by atoms with Gasteiger partial charge in [-0.2, -0.15) is 0 Å². The first-order valence-corrected chi connectivity index (χ1v) is 12.3. The summed E-state index contributed by atoms with van der Waals surface area (Å²) in [5.74, 6) is 1.33. The summed E-state index contributed by atoms with van der Waals surface area (Å²) in [5, 5.41) is 10.5. The van der Waals surface area contributed by atoms with E-state index in [-0.39, 0.29) is 23.3 Å². The lowest BCUT2D eigenvalue weighted by atomic mass is 9.64. The highest BCUT2D eigenvalue weighted by molar-refractivity contribution is 9.11. The van der Waals surface area contributed by atoms with E-state index in [0.29, 0.717) is 30.9 Å². The lowest BCUT2D eigenvalue weighted by Crippen LogP contribution is -2.47. The van der Waals surface area contributed by atoms with Crippen LogP contribution < -0.4 is 0 Å². The van der Waals surface area contributed by atoms with Gasteiger partial charge in [0.1, 0.15) is 11.9 Å². The van der Waals surface area contributed by atoms with E-state index in [1.165, 1.54) is 5.57 Å². The molecule has 1 saturated heterocycles. The van der Waals surface area contributed by atoms with Gasteiger partial charge in [-0.25, -0.2) is 4.99 Å². The number of methoxy groups -OCH3 is 1. The van der Waals surface area contributed by atoms with E-state index in [4.69, 9.17) is 14.5 Å². The van der Waals surface area contributed by atoms with Crippen LogP contribution in [0.5, 0.6) is 0 Å². The van der Waals surface area contributed by atoms with Crippen molar-refractivity contribution in [2.45, 2.75) is 56.8 Å². The molecule has 0 aromatic rings. The van der Waals surface area contributed by atoms with Gasteiger partial charge in [-0.1, -0.05) is 22.4 Å². The van der Waals surface area contributed by atoms with Crippen molar-refractivity contribution in [2.24, 2.45) is 10.4 Å². The third-order valence-corrected chi connectivity index (χ3v) is 8.79. The Labute approximate surface area is 192 Å². The summed E-state index contributed by atoms with van der Waals surface area (Å²) in [6.07, 6.45) is 4.67. The molecule has 7 nitrogen and oxygen atoms in total. The Hall–Kier alpha value is -1.22. The van der Waals surface area contributed by atoms with Gasteiger partial charge in [0.25, 0.3) is 0 Å². The Bertz CT molecular complexity index is 861. The van der Waals surface area contributed by atoms with E-state index in [0.717, 1.165) is 62.1 Å². The van der Waals surface area contributed by atoms with Gasteiger partial charge in [0.2, 0.25) is 5.90 Å². The third kappa shape index (κ3) is 3.50. The Kier molecular flexibility index (Phi) is 5.78. The monoisotopic (exact) mass is 493 g/mol. The maximum absolute atomic E-state index is 13.7. The van der Waals surface area contributed by atoms with E-state index in [1.807, 2.05) is 0 Å². The summed E-state index contributed by atoms with van der Waals surface area (Å²) in [6.45, 7) is 4.06. The number of Topliss-reactive ketones (excluding diaryl/α,β-unsaturated/α-hetero) is 1. The molecule has 2 aliphatic carbocycles. The first-order chi connectivity index (χ1) is 14.9. The van der Waals surface area contributed by atoms with Crippen LogP contribution in [0.4, 0.5) is 0 Å². The zero-order valence-corrected chi connectivity index (χ0v) is 20.0. The van der Waals surface area contributed by atoms with Crippen LogP contribution in [0, 0.1) is 5.41 Å². The molecule has 5 rings (SSSR count). The number of nitrogens with zero attached hydrogens (tertiary/aromatic N) is 3. The molecule has 4 atom stereocenters. The number of aliphatic hydroxyl groups excluding tert-OH is 1. The first kappa shape index (κ1) is 21.6. The van der Waals surface area contributed by atoms with Crippen LogP contribution in [-0.2, 0) is 14.3 Å². The third-order valence-electron chi connectivity index (χ3n) is 7.69.